The number of ether oxygens (including phenoxy) is 1. The molecule has 0 aliphatic carbocycles. The van der Waals surface area contributed by atoms with Gasteiger partial charge in [0, 0.05) is 62.7 Å². The fourth-order valence-corrected chi connectivity index (χ4v) is 7.31. The first-order valence-electron chi connectivity index (χ1n) is 13.5. The number of nitrogens with one attached hydrogen (secondary N) is 2. The standard InChI is InChI=1S/C16H21ClN4OS.C10H16N4O/c1-3-11-7-16(8-12(18-11)13-9-21(2)20-19-13)15-10(4-5-22-16)6-14(17)23-15;1-3-7-4-8(15)5-9(11-7)10-6-14(2)13-12-10/h6,9,11-12,18H,3-5,7-8H2,1-2H3;6-7,9,11H,3-5H2,1-2H3. The van der Waals surface area contributed by atoms with Crippen molar-refractivity contribution in [1.29, 1.82) is 0 Å². The molecule has 12 heteroatoms. The number of carbonyl (C=O) groups excluding carboxylic acids is 1. The zero-order chi connectivity index (χ0) is 26.9. The Morgan fingerprint density at radius 1 is 1.03 bits per heavy atom. The molecule has 0 radical (unpaired) electrons. The third-order valence-electron chi connectivity index (χ3n) is 7.77. The average molecular weight is 561 g/mol. The highest BCUT2D eigenvalue weighted by atomic mass is 35.5. The minimum absolute atomic E-state index is 0.0462. The maximum atomic E-state index is 11.5. The van der Waals surface area contributed by atoms with Crippen molar-refractivity contribution in [2.75, 3.05) is 6.61 Å². The van der Waals surface area contributed by atoms with Crippen LogP contribution in [0.15, 0.2) is 18.5 Å². The highest BCUT2D eigenvalue weighted by Crippen LogP contribution is 2.50. The first-order chi connectivity index (χ1) is 18.3. The fraction of sp³-hybridized carbons (Fsp3) is 0.654. The van der Waals surface area contributed by atoms with Crippen LogP contribution in [-0.4, -0.2) is 54.5 Å². The number of hydrogen-bond acceptors (Lipinski definition) is 9. The number of rotatable bonds is 4. The molecule has 2 N–H and O–H groups in total. The van der Waals surface area contributed by atoms with Gasteiger partial charge in [-0.15, -0.1) is 21.5 Å². The summed E-state index contributed by atoms with van der Waals surface area (Å²) in [6, 6.07) is 3.02. The van der Waals surface area contributed by atoms with E-state index in [0.29, 0.717) is 30.7 Å². The number of fused-ring (bicyclic) bond motifs is 2. The zero-order valence-electron chi connectivity index (χ0n) is 22.5. The molecule has 206 valence electrons. The SMILES string of the molecule is CCC1CC(=O)CC(c2cn(C)nn2)N1.CCC1CC2(CC(c3cn(C)nn3)N1)OCCc1cc(Cl)sc12. The molecule has 10 nitrogen and oxygen atoms in total. The van der Waals surface area contributed by atoms with E-state index in [1.165, 1.54) is 10.4 Å². The van der Waals surface area contributed by atoms with Crippen LogP contribution in [0.4, 0.5) is 0 Å². The van der Waals surface area contributed by atoms with Crippen LogP contribution in [0.5, 0.6) is 0 Å². The van der Waals surface area contributed by atoms with Crippen LogP contribution in [0.3, 0.4) is 0 Å². The van der Waals surface area contributed by atoms with Crippen molar-refractivity contribution in [3.05, 3.63) is 44.6 Å². The minimum Gasteiger partial charge on any atom is -0.369 e. The van der Waals surface area contributed by atoms with Crippen molar-refractivity contribution < 1.29 is 9.53 Å². The second kappa shape index (κ2) is 11.5. The van der Waals surface area contributed by atoms with Crippen LogP contribution in [-0.2, 0) is 35.6 Å². The lowest BCUT2D eigenvalue weighted by Gasteiger charge is -2.46. The molecule has 1 spiro atoms. The Hall–Kier alpha value is -2.18. The molecule has 2 saturated heterocycles. The number of carbonyl (C=O) groups is 1. The number of aromatic nitrogens is 6. The van der Waals surface area contributed by atoms with Gasteiger partial charge < -0.3 is 15.4 Å². The van der Waals surface area contributed by atoms with E-state index in [9.17, 15) is 4.79 Å². The van der Waals surface area contributed by atoms with Crippen LogP contribution >= 0.6 is 22.9 Å². The number of hydrogen-bond donors (Lipinski definition) is 2. The molecule has 0 aromatic carbocycles. The van der Waals surface area contributed by atoms with Crippen LogP contribution in [0.1, 0.15) is 86.3 Å². The fourth-order valence-electron chi connectivity index (χ4n) is 5.85. The summed E-state index contributed by atoms with van der Waals surface area (Å²) in [5, 5.41) is 23.5. The predicted octanol–water partition coefficient (Wildman–Crippen LogP) is 3.79. The monoisotopic (exact) mass is 560 g/mol. The van der Waals surface area contributed by atoms with Gasteiger partial charge >= 0.3 is 0 Å². The van der Waals surface area contributed by atoms with Gasteiger partial charge in [0.2, 0.25) is 0 Å². The number of nitrogens with zero attached hydrogens (tertiary/aromatic N) is 6. The van der Waals surface area contributed by atoms with E-state index in [-0.39, 0.29) is 17.7 Å². The lowest BCUT2D eigenvalue weighted by atomic mass is 9.78. The largest absolute Gasteiger partial charge is 0.369 e. The molecule has 3 aromatic heterocycles. The van der Waals surface area contributed by atoms with E-state index in [1.807, 2.05) is 26.5 Å². The molecule has 5 atom stereocenters. The Labute approximate surface area is 232 Å². The lowest BCUT2D eigenvalue weighted by molar-refractivity contribution is -0.121. The molecule has 6 rings (SSSR count). The van der Waals surface area contributed by atoms with Gasteiger partial charge in [-0.1, -0.05) is 35.9 Å². The zero-order valence-corrected chi connectivity index (χ0v) is 24.1. The first-order valence-corrected chi connectivity index (χ1v) is 14.7. The Bertz CT molecular complexity index is 1260. The summed E-state index contributed by atoms with van der Waals surface area (Å²) in [6.07, 6.45) is 9.91. The number of Topliss-reactive ketones (excluding diaryl/α,β-unsaturated/α-hetero) is 1. The van der Waals surface area contributed by atoms with Crippen LogP contribution in [0.25, 0.3) is 0 Å². The number of ketones is 1. The van der Waals surface area contributed by atoms with Gasteiger partial charge in [0.15, 0.2) is 0 Å². The quantitative estimate of drug-likeness (QED) is 0.496. The molecule has 3 aliphatic heterocycles. The van der Waals surface area contributed by atoms with Gasteiger partial charge in [0.25, 0.3) is 0 Å². The van der Waals surface area contributed by atoms with E-state index >= 15 is 0 Å². The van der Waals surface area contributed by atoms with Crippen molar-refractivity contribution in [1.82, 2.24) is 40.6 Å². The molecule has 0 saturated carbocycles. The summed E-state index contributed by atoms with van der Waals surface area (Å²) in [6.45, 7) is 5.07. The summed E-state index contributed by atoms with van der Waals surface area (Å²) < 4.78 is 10.7. The number of thiophene rings is 1. The van der Waals surface area contributed by atoms with E-state index in [0.717, 1.165) is 54.4 Å². The van der Waals surface area contributed by atoms with E-state index in [4.69, 9.17) is 16.3 Å². The van der Waals surface area contributed by atoms with Crippen molar-refractivity contribution in [2.24, 2.45) is 14.1 Å². The van der Waals surface area contributed by atoms with Crippen molar-refractivity contribution in [2.45, 2.75) is 88.6 Å². The molecular formula is C26H37ClN8O2S. The summed E-state index contributed by atoms with van der Waals surface area (Å²) in [5.41, 5.74) is 2.98. The van der Waals surface area contributed by atoms with Crippen LogP contribution < -0.4 is 10.6 Å². The molecule has 38 heavy (non-hydrogen) atoms. The van der Waals surface area contributed by atoms with Gasteiger partial charge in [-0.3, -0.25) is 14.2 Å². The summed E-state index contributed by atoms with van der Waals surface area (Å²) in [4.78, 5) is 12.8. The van der Waals surface area contributed by atoms with Crippen molar-refractivity contribution in [3.8, 4) is 0 Å². The molecule has 5 unspecified atom stereocenters. The molecule has 3 aromatic rings. The normalized spacial score (nSPS) is 29.1. The lowest BCUT2D eigenvalue weighted by Crippen LogP contribution is -2.50. The number of aryl methyl sites for hydroxylation is 2. The molecule has 6 heterocycles. The third-order valence-corrected chi connectivity index (χ3v) is 9.26. The summed E-state index contributed by atoms with van der Waals surface area (Å²) in [7, 11) is 3.74. The van der Waals surface area contributed by atoms with Gasteiger partial charge in [0.05, 0.1) is 28.7 Å². The van der Waals surface area contributed by atoms with E-state index in [2.05, 4.69) is 51.2 Å². The van der Waals surface area contributed by atoms with Gasteiger partial charge in [-0.05, 0) is 37.3 Å². The number of piperidine rings is 2. The molecule has 2 fully saturated rings. The highest BCUT2D eigenvalue weighted by Gasteiger charge is 2.47. The average Bonchev–Trinajstić information content (AvgIpc) is 3.64. The van der Waals surface area contributed by atoms with E-state index < -0.39 is 0 Å². The van der Waals surface area contributed by atoms with Crippen molar-refractivity contribution in [3.63, 3.8) is 0 Å². The van der Waals surface area contributed by atoms with Gasteiger partial charge in [-0.2, -0.15) is 0 Å². The third kappa shape index (κ3) is 5.86. The topological polar surface area (TPSA) is 112 Å². The molecule has 0 amide bonds. The summed E-state index contributed by atoms with van der Waals surface area (Å²) in [5.74, 6) is 0.316. The van der Waals surface area contributed by atoms with E-state index in [1.54, 1.807) is 20.7 Å². The number of halogens is 1. The Balaban J connectivity index is 0.000000170. The second-order valence-electron chi connectivity index (χ2n) is 10.6. The van der Waals surface area contributed by atoms with Gasteiger partial charge in [-0.25, -0.2) is 0 Å². The van der Waals surface area contributed by atoms with Crippen LogP contribution in [0.2, 0.25) is 4.34 Å². The van der Waals surface area contributed by atoms with Crippen LogP contribution in [0, 0.1) is 0 Å². The molecular weight excluding hydrogens is 524 g/mol. The van der Waals surface area contributed by atoms with Crippen molar-refractivity contribution >= 4 is 28.7 Å². The smallest absolute Gasteiger partial charge is 0.136 e. The minimum atomic E-state index is -0.237. The maximum Gasteiger partial charge on any atom is 0.136 e. The predicted molar refractivity (Wildman–Crippen MR) is 146 cm³/mol. The summed E-state index contributed by atoms with van der Waals surface area (Å²) >= 11 is 7.98. The Morgan fingerprint density at radius 2 is 1.68 bits per heavy atom. The second-order valence-corrected chi connectivity index (χ2v) is 12.3. The first kappa shape index (κ1) is 27.4. The maximum absolute atomic E-state index is 11.5. The molecule has 0 bridgehead atoms. The van der Waals surface area contributed by atoms with Gasteiger partial charge in [0.1, 0.15) is 17.1 Å². The Morgan fingerprint density at radius 3 is 2.32 bits per heavy atom. The Kier molecular flexibility index (Phi) is 8.30. The molecule has 3 aliphatic rings. The highest BCUT2D eigenvalue weighted by molar-refractivity contribution is 7.16.